The zero-order valence-corrected chi connectivity index (χ0v) is 11.8. The molecule has 1 unspecified atom stereocenters. The number of aromatic nitrogens is 1. The molecule has 0 fully saturated rings. The normalized spacial score (nSPS) is 12.3. The number of hydrogen-bond acceptors (Lipinski definition) is 2. The van der Waals surface area contributed by atoms with Crippen LogP contribution in [-0.4, -0.2) is 4.98 Å². The summed E-state index contributed by atoms with van der Waals surface area (Å²) < 4.78 is 0. The summed E-state index contributed by atoms with van der Waals surface area (Å²) >= 11 is 0. The van der Waals surface area contributed by atoms with Crippen LogP contribution in [0.15, 0.2) is 48.7 Å². The van der Waals surface area contributed by atoms with E-state index in [9.17, 15) is 0 Å². The molecule has 19 heavy (non-hydrogen) atoms. The van der Waals surface area contributed by atoms with E-state index in [1.54, 1.807) is 0 Å². The second-order valence-electron chi connectivity index (χ2n) is 4.90. The van der Waals surface area contributed by atoms with Gasteiger partial charge in [0.25, 0.3) is 0 Å². The fourth-order valence-corrected chi connectivity index (χ4v) is 2.28. The number of hydrogen-bond donors (Lipinski definition) is 1. The van der Waals surface area contributed by atoms with Gasteiger partial charge < -0.3 is 5.32 Å². The highest BCUT2D eigenvalue weighted by atomic mass is 14.9. The first-order valence-electron chi connectivity index (χ1n) is 7.00. The van der Waals surface area contributed by atoms with Crippen LogP contribution < -0.4 is 5.32 Å². The van der Waals surface area contributed by atoms with E-state index in [1.807, 2.05) is 12.3 Å². The van der Waals surface area contributed by atoms with Crippen LogP contribution in [0, 0.1) is 6.92 Å². The number of aryl methyl sites for hydroxylation is 1. The van der Waals surface area contributed by atoms with Gasteiger partial charge in [-0.25, -0.2) is 0 Å². The Morgan fingerprint density at radius 1 is 1.11 bits per heavy atom. The summed E-state index contributed by atoms with van der Waals surface area (Å²) in [4.78, 5) is 4.44. The first kappa shape index (κ1) is 13.8. The van der Waals surface area contributed by atoms with Gasteiger partial charge in [0.2, 0.25) is 0 Å². The topological polar surface area (TPSA) is 24.9 Å². The highest BCUT2D eigenvalue weighted by molar-refractivity contribution is 5.20. The Balaban J connectivity index is 2.04. The van der Waals surface area contributed by atoms with Crippen LogP contribution in [0.4, 0.5) is 0 Å². The smallest absolute Gasteiger partial charge is 0.0570 e. The average molecular weight is 254 g/mol. The van der Waals surface area contributed by atoms with Crippen molar-refractivity contribution in [3.05, 3.63) is 65.5 Å². The number of benzene rings is 1. The summed E-state index contributed by atoms with van der Waals surface area (Å²) in [5.41, 5.74) is 3.75. The molecule has 0 aliphatic carbocycles. The van der Waals surface area contributed by atoms with Gasteiger partial charge in [-0.3, -0.25) is 4.98 Å². The van der Waals surface area contributed by atoms with Crippen molar-refractivity contribution >= 4 is 0 Å². The highest BCUT2D eigenvalue weighted by Gasteiger charge is 2.10. The minimum atomic E-state index is 0.410. The minimum absolute atomic E-state index is 0.410. The van der Waals surface area contributed by atoms with Crippen LogP contribution in [0.25, 0.3) is 0 Å². The molecule has 1 heterocycles. The zero-order valence-electron chi connectivity index (χ0n) is 11.8. The summed E-state index contributed by atoms with van der Waals surface area (Å²) in [7, 11) is 0. The first-order chi connectivity index (χ1) is 9.31. The van der Waals surface area contributed by atoms with Crippen molar-refractivity contribution in [2.45, 2.75) is 39.3 Å². The van der Waals surface area contributed by atoms with Crippen LogP contribution in [0.1, 0.15) is 42.6 Å². The number of pyridine rings is 1. The Morgan fingerprint density at radius 2 is 1.89 bits per heavy atom. The molecule has 2 heteroatoms. The summed E-state index contributed by atoms with van der Waals surface area (Å²) in [6.07, 6.45) is 4.19. The van der Waals surface area contributed by atoms with Crippen LogP contribution in [0.2, 0.25) is 0 Å². The van der Waals surface area contributed by atoms with Gasteiger partial charge in [-0.05, 0) is 30.5 Å². The lowest BCUT2D eigenvalue weighted by atomic mass is 10.0. The summed E-state index contributed by atoms with van der Waals surface area (Å²) in [5, 5.41) is 3.63. The molecule has 1 aromatic carbocycles. The van der Waals surface area contributed by atoms with Crippen molar-refractivity contribution in [2.75, 3.05) is 0 Å². The molecule has 100 valence electrons. The van der Waals surface area contributed by atoms with Crippen LogP contribution in [-0.2, 0) is 6.54 Å². The maximum atomic E-state index is 4.44. The fourth-order valence-electron chi connectivity index (χ4n) is 2.28. The maximum absolute atomic E-state index is 4.44. The van der Waals surface area contributed by atoms with Crippen molar-refractivity contribution in [1.82, 2.24) is 10.3 Å². The number of rotatable bonds is 6. The second kappa shape index (κ2) is 7.05. The van der Waals surface area contributed by atoms with Crippen molar-refractivity contribution in [3.63, 3.8) is 0 Å². The van der Waals surface area contributed by atoms with Gasteiger partial charge in [0.1, 0.15) is 0 Å². The Labute approximate surface area is 115 Å². The lowest BCUT2D eigenvalue weighted by molar-refractivity contribution is 0.489. The van der Waals surface area contributed by atoms with Crippen LogP contribution in [0.3, 0.4) is 0 Å². The molecule has 1 N–H and O–H groups in total. The van der Waals surface area contributed by atoms with E-state index in [2.05, 4.69) is 60.5 Å². The third kappa shape index (κ3) is 3.90. The van der Waals surface area contributed by atoms with E-state index < -0.39 is 0 Å². The zero-order chi connectivity index (χ0) is 13.5. The maximum Gasteiger partial charge on any atom is 0.0570 e. The highest BCUT2D eigenvalue weighted by Crippen LogP contribution is 2.18. The molecule has 0 radical (unpaired) electrons. The van der Waals surface area contributed by atoms with Gasteiger partial charge in [-0.15, -0.1) is 0 Å². The molecule has 0 spiro atoms. The fraction of sp³-hybridized carbons (Fsp3) is 0.353. The van der Waals surface area contributed by atoms with E-state index in [-0.39, 0.29) is 0 Å². The van der Waals surface area contributed by atoms with Gasteiger partial charge in [-0.2, -0.15) is 0 Å². The van der Waals surface area contributed by atoms with E-state index >= 15 is 0 Å². The molecular weight excluding hydrogens is 232 g/mol. The SMILES string of the molecule is CCCC(NCc1ncccc1C)c1ccccc1. The predicted octanol–water partition coefficient (Wildman–Crippen LogP) is 4.02. The van der Waals surface area contributed by atoms with Gasteiger partial charge in [0.05, 0.1) is 5.69 Å². The quantitative estimate of drug-likeness (QED) is 0.842. The van der Waals surface area contributed by atoms with Crippen LogP contribution >= 0.6 is 0 Å². The number of nitrogens with one attached hydrogen (secondary N) is 1. The standard InChI is InChI=1S/C17H22N2/c1-3-8-16(15-10-5-4-6-11-15)19-13-17-14(2)9-7-12-18-17/h4-7,9-12,16,19H,3,8,13H2,1-2H3. The predicted molar refractivity (Wildman–Crippen MR) is 79.9 cm³/mol. The molecule has 1 atom stereocenters. The van der Waals surface area contributed by atoms with Crippen molar-refractivity contribution in [3.8, 4) is 0 Å². The summed E-state index contributed by atoms with van der Waals surface area (Å²) in [5.74, 6) is 0. The molecule has 0 aliphatic heterocycles. The third-order valence-corrected chi connectivity index (χ3v) is 3.41. The molecule has 2 rings (SSSR count). The molecular formula is C17H22N2. The van der Waals surface area contributed by atoms with Gasteiger partial charge >= 0.3 is 0 Å². The van der Waals surface area contributed by atoms with Crippen molar-refractivity contribution < 1.29 is 0 Å². The Kier molecular flexibility index (Phi) is 5.10. The largest absolute Gasteiger partial charge is 0.304 e. The number of nitrogens with zero attached hydrogens (tertiary/aromatic N) is 1. The third-order valence-electron chi connectivity index (χ3n) is 3.41. The van der Waals surface area contributed by atoms with Crippen molar-refractivity contribution in [2.24, 2.45) is 0 Å². The average Bonchev–Trinajstić information content (AvgIpc) is 2.46. The molecule has 0 aliphatic rings. The lowest BCUT2D eigenvalue weighted by Gasteiger charge is -2.19. The monoisotopic (exact) mass is 254 g/mol. The van der Waals surface area contributed by atoms with Gasteiger partial charge in [0, 0.05) is 18.8 Å². The lowest BCUT2D eigenvalue weighted by Crippen LogP contribution is -2.21. The van der Waals surface area contributed by atoms with E-state index in [4.69, 9.17) is 0 Å². The molecule has 2 aromatic rings. The van der Waals surface area contributed by atoms with Gasteiger partial charge in [0.15, 0.2) is 0 Å². The summed E-state index contributed by atoms with van der Waals surface area (Å²) in [6.45, 7) is 5.16. The molecule has 1 aromatic heterocycles. The molecule has 0 saturated carbocycles. The molecule has 0 saturated heterocycles. The molecule has 2 nitrogen and oxygen atoms in total. The first-order valence-corrected chi connectivity index (χ1v) is 7.00. The second-order valence-corrected chi connectivity index (χ2v) is 4.90. The van der Waals surface area contributed by atoms with E-state index in [0.717, 1.165) is 18.7 Å². The summed E-state index contributed by atoms with van der Waals surface area (Å²) in [6, 6.07) is 15.2. The Morgan fingerprint density at radius 3 is 2.58 bits per heavy atom. The molecule has 0 bridgehead atoms. The van der Waals surface area contributed by atoms with Crippen molar-refractivity contribution in [1.29, 1.82) is 0 Å². The minimum Gasteiger partial charge on any atom is -0.304 e. The van der Waals surface area contributed by atoms with Crippen LogP contribution in [0.5, 0.6) is 0 Å². The Hall–Kier alpha value is -1.67. The van der Waals surface area contributed by atoms with E-state index in [0.29, 0.717) is 6.04 Å². The van der Waals surface area contributed by atoms with Gasteiger partial charge in [-0.1, -0.05) is 49.7 Å². The van der Waals surface area contributed by atoms with E-state index in [1.165, 1.54) is 17.5 Å². The Bertz CT molecular complexity index is 494. The molecule has 0 amide bonds.